The number of rotatable bonds is 8. The molecule has 30 heavy (non-hydrogen) atoms. The summed E-state index contributed by atoms with van der Waals surface area (Å²) in [7, 11) is 4.49. The van der Waals surface area contributed by atoms with Crippen molar-refractivity contribution in [1.82, 2.24) is 9.47 Å². The maximum Gasteiger partial charge on any atom is 0.240 e. The van der Waals surface area contributed by atoms with E-state index in [4.69, 9.17) is 9.72 Å². The standard InChI is InChI=1S/C27H33N2O/c1-5-7-8-9-21-16-17-28-27-26(21)24-19-22(12-15-25(24)29(27,3)4)20-10-13-23(14-11-20)30-18-6-2/h10-17,19H,5-9,18H2,1-4H3/q+1. The number of ether oxygens (including phenoxy) is 1. The van der Waals surface area contributed by atoms with Crippen molar-refractivity contribution in [2.24, 2.45) is 0 Å². The number of nitrogens with zero attached hydrogens (tertiary/aromatic N) is 2. The highest BCUT2D eigenvalue weighted by molar-refractivity contribution is 5.96. The molecule has 1 aromatic heterocycles. The predicted octanol–water partition coefficient (Wildman–Crippen LogP) is 7.15. The molecule has 0 aliphatic carbocycles. The molecule has 0 bridgehead atoms. The lowest BCUT2D eigenvalue weighted by Gasteiger charge is -2.23. The number of unbranched alkanes of at least 4 members (excludes halogenated alkanes) is 2. The molecule has 0 N–H and O–H groups in total. The Morgan fingerprint density at radius 1 is 0.867 bits per heavy atom. The molecule has 4 rings (SSSR count). The average Bonchev–Trinajstić information content (AvgIpc) is 3.00. The van der Waals surface area contributed by atoms with Gasteiger partial charge in [0, 0.05) is 12.3 Å². The molecule has 0 unspecified atom stereocenters. The summed E-state index contributed by atoms with van der Waals surface area (Å²) in [5.41, 5.74) is 7.89. The highest BCUT2D eigenvalue weighted by Gasteiger charge is 2.40. The molecule has 156 valence electrons. The van der Waals surface area contributed by atoms with Gasteiger partial charge in [-0.2, -0.15) is 0 Å². The van der Waals surface area contributed by atoms with E-state index in [1.54, 1.807) is 0 Å². The van der Waals surface area contributed by atoms with Gasteiger partial charge in [-0.05, 0) is 66.3 Å². The minimum absolute atomic E-state index is 0.705. The first kappa shape index (κ1) is 20.6. The van der Waals surface area contributed by atoms with E-state index in [-0.39, 0.29) is 0 Å². The maximum absolute atomic E-state index is 5.75. The average molecular weight is 402 g/mol. The Kier molecular flexibility index (Phi) is 5.92. The summed E-state index contributed by atoms with van der Waals surface area (Å²) in [5.74, 6) is 2.10. The Balaban J connectivity index is 1.73. The van der Waals surface area contributed by atoms with Crippen LogP contribution in [0.2, 0.25) is 0 Å². The van der Waals surface area contributed by atoms with E-state index in [0.29, 0.717) is 4.48 Å². The van der Waals surface area contributed by atoms with E-state index in [1.165, 1.54) is 58.6 Å². The number of benzene rings is 2. The highest BCUT2D eigenvalue weighted by atomic mass is 16.5. The van der Waals surface area contributed by atoms with Crippen LogP contribution in [0, 0.1) is 0 Å². The van der Waals surface area contributed by atoms with Crippen LogP contribution in [-0.2, 0) is 6.42 Å². The van der Waals surface area contributed by atoms with Crippen molar-refractivity contribution < 1.29 is 4.74 Å². The first-order valence-electron chi connectivity index (χ1n) is 11.3. The van der Waals surface area contributed by atoms with Gasteiger partial charge >= 0.3 is 0 Å². The number of aryl methyl sites for hydroxylation is 1. The summed E-state index contributed by atoms with van der Waals surface area (Å²) in [6.45, 7) is 5.15. The molecule has 3 aromatic rings. The number of pyridine rings is 1. The zero-order chi connectivity index (χ0) is 21.1. The van der Waals surface area contributed by atoms with Crippen LogP contribution in [0.3, 0.4) is 0 Å². The summed E-state index contributed by atoms with van der Waals surface area (Å²) < 4.78 is 6.45. The van der Waals surface area contributed by atoms with Crippen molar-refractivity contribution in [3.8, 4) is 28.0 Å². The normalized spacial score (nSPS) is 13.7. The monoisotopic (exact) mass is 401 g/mol. The molecule has 0 amide bonds. The maximum atomic E-state index is 5.75. The lowest BCUT2D eigenvalue weighted by molar-refractivity contribution is 0.317. The van der Waals surface area contributed by atoms with E-state index in [9.17, 15) is 0 Å². The van der Waals surface area contributed by atoms with Gasteiger partial charge in [-0.15, -0.1) is 0 Å². The molecule has 0 atom stereocenters. The van der Waals surface area contributed by atoms with Gasteiger partial charge in [0.1, 0.15) is 11.4 Å². The summed E-state index contributed by atoms with van der Waals surface area (Å²) in [6.07, 6.45) is 7.87. The molecule has 2 heterocycles. The quantitative estimate of drug-likeness (QED) is 0.295. The zero-order valence-corrected chi connectivity index (χ0v) is 18.7. The van der Waals surface area contributed by atoms with Crippen LogP contribution in [0.1, 0.15) is 45.1 Å². The number of quaternary nitrogens is 1. The smallest absolute Gasteiger partial charge is 0.240 e. The van der Waals surface area contributed by atoms with Crippen molar-refractivity contribution in [3.05, 3.63) is 60.3 Å². The van der Waals surface area contributed by atoms with Crippen LogP contribution in [-0.4, -0.2) is 25.7 Å². The Morgan fingerprint density at radius 2 is 1.63 bits per heavy atom. The number of aromatic nitrogens is 1. The van der Waals surface area contributed by atoms with Crippen LogP contribution in [0.4, 0.5) is 11.5 Å². The lowest BCUT2D eigenvalue weighted by atomic mass is 9.95. The third kappa shape index (κ3) is 3.75. The highest BCUT2D eigenvalue weighted by Crippen LogP contribution is 2.52. The third-order valence-electron chi connectivity index (χ3n) is 6.13. The van der Waals surface area contributed by atoms with Gasteiger partial charge in [-0.25, -0.2) is 9.47 Å². The van der Waals surface area contributed by atoms with Crippen molar-refractivity contribution in [2.45, 2.75) is 46.0 Å². The van der Waals surface area contributed by atoms with Gasteiger partial charge in [0.15, 0.2) is 0 Å². The van der Waals surface area contributed by atoms with Gasteiger partial charge in [0.05, 0.1) is 31.8 Å². The van der Waals surface area contributed by atoms with E-state index >= 15 is 0 Å². The fourth-order valence-corrected chi connectivity index (χ4v) is 4.46. The molecular weight excluding hydrogens is 368 g/mol. The number of fused-ring (bicyclic) bond motifs is 3. The SMILES string of the molecule is CCCCCc1ccnc2c1-c1cc(-c3ccc(OCCC)cc3)ccc1[N+]2(C)C. The fraction of sp³-hybridized carbons (Fsp3) is 0.370. The van der Waals surface area contributed by atoms with Crippen molar-refractivity contribution in [1.29, 1.82) is 0 Å². The van der Waals surface area contributed by atoms with Crippen molar-refractivity contribution >= 4 is 11.5 Å². The second kappa shape index (κ2) is 8.61. The third-order valence-corrected chi connectivity index (χ3v) is 6.13. The molecule has 0 radical (unpaired) electrons. The minimum Gasteiger partial charge on any atom is -0.494 e. The predicted molar refractivity (Wildman–Crippen MR) is 127 cm³/mol. The molecular formula is C27H33N2O+. The van der Waals surface area contributed by atoms with Crippen LogP contribution < -0.4 is 9.22 Å². The molecule has 1 aliphatic heterocycles. The summed E-state index contributed by atoms with van der Waals surface area (Å²) in [6, 6.07) is 17.6. The Morgan fingerprint density at radius 3 is 2.37 bits per heavy atom. The summed E-state index contributed by atoms with van der Waals surface area (Å²) in [5, 5.41) is 0. The van der Waals surface area contributed by atoms with E-state index in [2.05, 4.69) is 76.5 Å². The first-order valence-corrected chi connectivity index (χ1v) is 11.3. The minimum atomic E-state index is 0.705. The Hall–Kier alpha value is -2.65. The van der Waals surface area contributed by atoms with Gasteiger partial charge in [-0.1, -0.05) is 38.8 Å². The second-order valence-electron chi connectivity index (χ2n) is 8.68. The van der Waals surface area contributed by atoms with E-state index in [0.717, 1.165) is 25.2 Å². The lowest BCUT2D eigenvalue weighted by Crippen LogP contribution is -2.32. The van der Waals surface area contributed by atoms with Crippen LogP contribution in [0.5, 0.6) is 5.75 Å². The van der Waals surface area contributed by atoms with Crippen LogP contribution in [0.25, 0.3) is 22.3 Å². The topological polar surface area (TPSA) is 22.1 Å². The summed E-state index contributed by atoms with van der Waals surface area (Å²) >= 11 is 0. The zero-order valence-electron chi connectivity index (χ0n) is 18.7. The van der Waals surface area contributed by atoms with Gasteiger partial charge < -0.3 is 4.74 Å². The molecule has 0 fully saturated rings. The van der Waals surface area contributed by atoms with E-state index in [1.807, 2.05) is 6.20 Å². The van der Waals surface area contributed by atoms with Crippen LogP contribution >= 0.6 is 0 Å². The largest absolute Gasteiger partial charge is 0.494 e. The molecule has 0 saturated heterocycles. The Labute approximate surface area is 180 Å². The first-order chi connectivity index (χ1) is 14.6. The molecule has 0 spiro atoms. The second-order valence-corrected chi connectivity index (χ2v) is 8.68. The van der Waals surface area contributed by atoms with E-state index < -0.39 is 0 Å². The van der Waals surface area contributed by atoms with Gasteiger partial charge in [0.2, 0.25) is 5.82 Å². The number of hydrogen-bond donors (Lipinski definition) is 0. The molecule has 3 heteroatoms. The fourth-order valence-electron chi connectivity index (χ4n) is 4.46. The van der Waals surface area contributed by atoms with Crippen molar-refractivity contribution in [3.63, 3.8) is 0 Å². The summed E-state index contributed by atoms with van der Waals surface area (Å²) in [4.78, 5) is 4.81. The molecule has 0 saturated carbocycles. The molecule has 1 aliphatic rings. The van der Waals surface area contributed by atoms with Crippen LogP contribution in [0.15, 0.2) is 54.7 Å². The molecule has 2 aromatic carbocycles. The van der Waals surface area contributed by atoms with Gasteiger partial charge in [0.25, 0.3) is 0 Å². The van der Waals surface area contributed by atoms with Crippen molar-refractivity contribution in [2.75, 3.05) is 20.7 Å². The Bertz CT molecular complexity index is 1020. The van der Waals surface area contributed by atoms with Gasteiger partial charge in [-0.3, -0.25) is 0 Å². The number of hydrogen-bond acceptors (Lipinski definition) is 2. The molecule has 3 nitrogen and oxygen atoms in total.